The van der Waals surface area contributed by atoms with Gasteiger partial charge in [0.15, 0.2) is 5.78 Å². The smallest absolute Gasteiger partial charge is 0.407 e. The first kappa shape index (κ1) is 26.4. The minimum absolute atomic E-state index is 0.00196. The molecule has 0 fully saturated rings. The number of benzene rings is 3. The fourth-order valence-electron chi connectivity index (χ4n) is 4.40. The molecule has 0 aliphatic rings. The Hall–Kier alpha value is -4.64. The molecule has 5 nitrogen and oxygen atoms in total. The number of alkyl halides is 3. The Morgan fingerprint density at radius 1 is 0.974 bits per heavy atom. The van der Waals surface area contributed by atoms with Crippen LogP contribution in [0.25, 0.3) is 27.2 Å². The first-order valence-corrected chi connectivity index (χ1v) is 11.6. The fraction of sp³-hybridized carbons (Fsp3) is 0.167. The van der Waals surface area contributed by atoms with Crippen molar-refractivity contribution in [1.82, 2.24) is 4.57 Å². The number of hydrogen-bond acceptors (Lipinski definition) is 3. The van der Waals surface area contributed by atoms with Gasteiger partial charge in [-0.2, -0.15) is 13.2 Å². The van der Waals surface area contributed by atoms with E-state index in [2.05, 4.69) is 4.85 Å². The van der Waals surface area contributed by atoms with Crippen LogP contribution < -0.4 is 5.56 Å². The molecule has 192 valence electrons. The molecule has 0 saturated carbocycles. The summed E-state index contributed by atoms with van der Waals surface area (Å²) >= 11 is 0. The molecule has 0 unspecified atom stereocenters. The van der Waals surface area contributed by atoms with Gasteiger partial charge in [0, 0.05) is 5.69 Å². The van der Waals surface area contributed by atoms with E-state index in [1.807, 2.05) is 32.0 Å². The van der Waals surface area contributed by atoms with Crippen LogP contribution in [0, 0.1) is 20.4 Å². The monoisotopic (exact) mass is 516 g/mol. The number of rotatable bonds is 5. The van der Waals surface area contributed by atoms with E-state index in [0.29, 0.717) is 16.7 Å². The average Bonchev–Trinajstić information content (AvgIpc) is 2.86. The number of phenolic OH excluding ortho intramolecular Hbond substituents is 1. The molecule has 0 radical (unpaired) electrons. The van der Waals surface area contributed by atoms with E-state index in [0.717, 1.165) is 22.8 Å². The van der Waals surface area contributed by atoms with Gasteiger partial charge < -0.3 is 9.67 Å². The molecule has 0 amide bonds. The number of carbonyl (C=O) groups is 1. The molecule has 4 aromatic rings. The van der Waals surface area contributed by atoms with Crippen LogP contribution in [0.15, 0.2) is 71.5 Å². The van der Waals surface area contributed by atoms with Crippen LogP contribution in [0.3, 0.4) is 0 Å². The molecule has 0 spiro atoms. The van der Waals surface area contributed by atoms with E-state index in [9.17, 15) is 27.9 Å². The topological polar surface area (TPSA) is 63.7 Å². The van der Waals surface area contributed by atoms with Gasteiger partial charge in [0.1, 0.15) is 5.75 Å². The molecule has 0 aliphatic heterocycles. The van der Waals surface area contributed by atoms with Gasteiger partial charge in [-0.05, 0) is 72.9 Å². The van der Waals surface area contributed by atoms with Crippen molar-refractivity contribution in [3.63, 3.8) is 0 Å². The maximum absolute atomic E-state index is 13.9. The van der Waals surface area contributed by atoms with Crippen LogP contribution in [0.4, 0.5) is 18.9 Å². The highest BCUT2D eigenvalue weighted by Gasteiger charge is 2.36. The summed E-state index contributed by atoms with van der Waals surface area (Å²) in [4.78, 5) is 28.2. The number of aromatic hydroxyl groups is 1. The number of halogens is 3. The van der Waals surface area contributed by atoms with E-state index in [1.54, 1.807) is 30.3 Å². The molecule has 1 aromatic heterocycles. The van der Waals surface area contributed by atoms with Crippen molar-refractivity contribution in [2.75, 3.05) is 0 Å². The number of aromatic nitrogens is 1. The van der Waals surface area contributed by atoms with Crippen molar-refractivity contribution in [2.45, 2.75) is 33.5 Å². The Morgan fingerprint density at radius 2 is 1.66 bits per heavy atom. The van der Waals surface area contributed by atoms with Crippen molar-refractivity contribution < 1.29 is 23.1 Å². The lowest BCUT2D eigenvalue weighted by Crippen LogP contribution is -2.25. The second kappa shape index (κ2) is 10.0. The van der Waals surface area contributed by atoms with Gasteiger partial charge in [0.25, 0.3) is 11.2 Å². The van der Waals surface area contributed by atoms with E-state index >= 15 is 0 Å². The molecule has 0 bridgehead atoms. The zero-order valence-corrected chi connectivity index (χ0v) is 20.8. The standard InChI is InChI=1S/C30H23F3N2O3/c1-17-8-9-23(18(2)12-17)16-35-26(15-25(30(31,32)33)28(34-4)29(35)38)22-7-5-6-20(13-22)21-10-11-27(37)24(14-21)19(3)36/h5-15,37H,16H2,1-3H3. The summed E-state index contributed by atoms with van der Waals surface area (Å²) in [5.41, 5.74) is 0.859. The molecular formula is C30H23F3N2O3. The minimum Gasteiger partial charge on any atom is -0.507 e. The number of pyridine rings is 1. The van der Waals surface area contributed by atoms with Gasteiger partial charge in [-0.15, -0.1) is 0 Å². The summed E-state index contributed by atoms with van der Waals surface area (Å²) in [6, 6.07) is 17.4. The largest absolute Gasteiger partial charge is 0.507 e. The summed E-state index contributed by atoms with van der Waals surface area (Å²) < 4.78 is 43.0. The molecule has 1 heterocycles. The molecular weight excluding hydrogens is 493 g/mol. The van der Waals surface area contributed by atoms with Gasteiger partial charge in [-0.3, -0.25) is 9.59 Å². The molecule has 0 saturated heterocycles. The van der Waals surface area contributed by atoms with Gasteiger partial charge in [0.05, 0.1) is 24.2 Å². The normalized spacial score (nSPS) is 11.3. The Labute approximate surface area is 217 Å². The lowest BCUT2D eigenvalue weighted by Gasteiger charge is -2.19. The maximum atomic E-state index is 13.9. The predicted molar refractivity (Wildman–Crippen MR) is 140 cm³/mol. The van der Waals surface area contributed by atoms with Crippen LogP contribution >= 0.6 is 0 Å². The Bertz CT molecular complexity index is 1680. The second-order valence-corrected chi connectivity index (χ2v) is 9.09. The highest BCUT2D eigenvalue weighted by Crippen LogP contribution is 2.38. The van der Waals surface area contributed by atoms with Crippen LogP contribution in [0.5, 0.6) is 5.75 Å². The summed E-state index contributed by atoms with van der Waals surface area (Å²) in [6.45, 7) is 12.4. The van der Waals surface area contributed by atoms with Crippen molar-refractivity contribution in [2.24, 2.45) is 0 Å². The third-order valence-electron chi connectivity index (χ3n) is 6.39. The first-order valence-electron chi connectivity index (χ1n) is 11.6. The quantitative estimate of drug-likeness (QED) is 0.223. The Balaban J connectivity index is 1.97. The van der Waals surface area contributed by atoms with Crippen molar-refractivity contribution in [3.05, 3.63) is 116 Å². The summed E-state index contributed by atoms with van der Waals surface area (Å²) in [6.07, 6.45) is -4.91. The number of hydrogen-bond donors (Lipinski definition) is 1. The number of Topliss-reactive ketones (excluding diaryl/α,β-unsaturated/α-hetero) is 1. The zero-order valence-electron chi connectivity index (χ0n) is 20.8. The van der Waals surface area contributed by atoms with Gasteiger partial charge >= 0.3 is 6.18 Å². The maximum Gasteiger partial charge on any atom is 0.407 e. The SMILES string of the molecule is [C-]#[N+]c1c(C(F)(F)F)cc(-c2cccc(-c3ccc(O)c(C(C)=O)c3)c2)n(Cc2ccc(C)cc2C)c1=O. The first-order chi connectivity index (χ1) is 17.9. The molecule has 38 heavy (non-hydrogen) atoms. The highest BCUT2D eigenvalue weighted by atomic mass is 19.4. The van der Waals surface area contributed by atoms with Gasteiger partial charge in [-0.25, -0.2) is 4.85 Å². The fourth-order valence-corrected chi connectivity index (χ4v) is 4.40. The Kier molecular flexibility index (Phi) is 6.97. The van der Waals surface area contributed by atoms with E-state index in [-0.39, 0.29) is 29.3 Å². The van der Waals surface area contributed by atoms with E-state index < -0.39 is 23.0 Å². The van der Waals surface area contributed by atoms with Crippen molar-refractivity contribution >= 4 is 11.5 Å². The Morgan fingerprint density at radius 3 is 2.29 bits per heavy atom. The number of phenols is 1. The summed E-state index contributed by atoms with van der Waals surface area (Å²) in [5, 5.41) is 10.00. The van der Waals surface area contributed by atoms with Crippen molar-refractivity contribution in [3.8, 4) is 28.1 Å². The molecule has 0 atom stereocenters. The number of carbonyl (C=O) groups excluding carboxylic acids is 1. The van der Waals surface area contributed by atoms with Gasteiger partial charge in [-0.1, -0.05) is 48.0 Å². The van der Waals surface area contributed by atoms with Crippen LogP contribution in [-0.2, 0) is 12.7 Å². The number of nitrogens with zero attached hydrogens (tertiary/aromatic N) is 2. The molecule has 3 aromatic carbocycles. The third-order valence-corrected chi connectivity index (χ3v) is 6.39. The lowest BCUT2D eigenvalue weighted by atomic mass is 9.97. The van der Waals surface area contributed by atoms with Crippen LogP contribution in [0.1, 0.15) is 39.5 Å². The zero-order chi connectivity index (χ0) is 27.8. The summed E-state index contributed by atoms with van der Waals surface area (Å²) in [5.74, 6) is -0.517. The third kappa shape index (κ3) is 5.09. The number of ketones is 1. The molecule has 1 N–H and O–H groups in total. The minimum atomic E-state index is -4.91. The average molecular weight is 517 g/mol. The van der Waals surface area contributed by atoms with E-state index in [1.165, 1.54) is 23.6 Å². The summed E-state index contributed by atoms with van der Waals surface area (Å²) in [7, 11) is 0. The van der Waals surface area contributed by atoms with Crippen LogP contribution in [-0.4, -0.2) is 15.5 Å². The van der Waals surface area contributed by atoms with Crippen LogP contribution in [0.2, 0.25) is 0 Å². The molecule has 4 rings (SSSR count). The van der Waals surface area contributed by atoms with Crippen molar-refractivity contribution in [1.29, 1.82) is 0 Å². The molecule has 8 heteroatoms. The second-order valence-electron chi connectivity index (χ2n) is 9.09. The lowest BCUT2D eigenvalue weighted by molar-refractivity contribution is -0.136. The number of aryl methyl sites for hydroxylation is 2. The van der Waals surface area contributed by atoms with Gasteiger partial charge in [0.2, 0.25) is 0 Å². The van der Waals surface area contributed by atoms with E-state index in [4.69, 9.17) is 6.57 Å². The predicted octanol–water partition coefficient (Wildman–Crippen LogP) is 7.33. The molecule has 0 aliphatic carbocycles. The highest BCUT2D eigenvalue weighted by molar-refractivity contribution is 5.98.